The van der Waals surface area contributed by atoms with E-state index in [-0.39, 0.29) is 22.8 Å². The number of nitro groups is 2. The zero-order valence-corrected chi connectivity index (χ0v) is 10.5. The van der Waals surface area contributed by atoms with Crippen molar-refractivity contribution in [3.63, 3.8) is 0 Å². The van der Waals surface area contributed by atoms with Gasteiger partial charge in [0.25, 0.3) is 11.4 Å². The summed E-state index contributed by atoms with van der Waals surface area (Å²) in [4.78, 5) is 24.1. The van der Waals surface area contributed by atoms with Gasteiger partial charge in [0.2, 0.25) is 0 Å². The number of hydrogen-bond donors (Lipinski definition) is 1. The first-order chi connectivity index (χ1) is 9.97. The molecule has 0 spiro atoms. The van der Waals surface area contributed by atoms with Crippen LogP contribution in [0.5, 0.6) is 5.75 Å². The molecule has 0 aromatic heterocycles. The van der Waals surface area contributed by atoms with Gasteiger partial charge in [-0.25, -0.2) is 0 Å². The first-order valence-corrected chi connectivity index (χ1v) is 5.73. The Bertz CT molecular complexity index is 742. The third-order valence-corrected chi connectivity index (χ3v) is 2.60. The van der Waals surface area contributed by atoms with Gasteiger partial charge >= 0.3 is 0 Å². The summed E-state index contributed by atoms with van der Waals surface area (Å²) in [7, 11) is 0. The molecule has 8 nitrogen and oxygen atoms in total. The number of phenolic OH excluding ortho intramolecular Hbond substituents is 1. The fraction of sp³-hybridized carbons (Fsp3) is 0. The lowest BCUT2D eigenvalue weighted by Crippen LogP contribution is -1.89. The summed E-state index contributed by atoms with van der Waals surface area (Å²) >= 11 is 0. The van der Waals surface area contributed by atoms with Crippen LogP contribution in [0.2, 0.25) is 0 Å². The van der Waals surface area contributed by atoms with Gasteiger partial charge in [0.15, 0.2) is 0 Å². The monoisotopic (exact) mass is 287 g/mol. The molecular weight excluding hydrogens is 278 g/mol. The minimum Gasteiger partial charge on any atom is -0.506 e. The summed E-state index contributed by atoms with van der Waals surface area (Å²) in [5, 5.41) is 30.9. The SMILES string of the molecule is O=[N+]([O-])c1cccc(C=Nc2cc([N+](=O)[O-])ccc2O)c1. The number of hydrogen-bond acceptors (Lipinski definition) is 6. The molecular formula is C13H9N3O5. The molecule has 1 N–H and O–H groups in total. The molecule has 0 bridgehead atoms. The Balaban J connectivity index is 2.33. The van der Waals surface area contributed by atoms with Crippen LogP contribution < -0.4 is 0 Å². The maximum absolute atomic E-state index is 10.7. The van der Waals surface area contributed by atoms with Gasteiger partial charge in [0, 0.05) is 30.5 Å². The van der Waals surface area contributed by atoms with Crippen molar-refractivity contribution in [1.29, 1.82) is 0 Å². The highest BCUT2D eigenvalue weighted by atomic mass is 16.6. The Hall–Kier alpha value is -3.29. The van der Waals surface area contributed by atoms with Gasteiger partial charge in [-0.3, -0.25) is 25.2 Å². The van der Waals surface area contributed by atoms with Crippen LogP contribution in [0.25, 0.3) is 0 Å². The minimum atomic E-state index is -0.605. The number of nitro benzene ring substituents is 2. The van der Waals surface area contributed by atoms with Crippen molar-refractivity contribution < 1.29 is 15.0 Å². The average Bonchev–Trinajstić information content (AvgIpc) is 2.46. The highest BCUT2D eigenvalue weighted by Gasteiger charge is 2.09. The third-order valence-electron chi connectivity index (χ3n) is 2.60. The van der Waals surface area contributed by atoms with Gasteiger partial charge in [-0.2, -0.15) is 0 Å². The van der Waals surface area contributed by atoms with Crippen LogP contribution in [0.15, 0.2) is 47.5 Å². The third kappa shape index (κ3) is 3.38. The largest absolute Gasteiger partial charge is 0.506 e. The highest BCUT2D eigenvalue weighted by molar-refractivity contribution is 5.83. The predicted octanol–water partition coefficient (Wildman–Crippen LogP) is 2.96. The van der Waals surface area contributed by atoms with Crippen molar-refractivity contribution in [2.24, 2.45) is 4.99 Å². The van der Waals surface area contributed by atoms with Crippen molar-refractivity contribution in [3.8, 4) is 5.75 Å². The zero-order valence-electron chi connectivity index (χ0n) is 10.5. The lowest BCUT2D eigenvalue weighted by Gasteiger charge is -1.99. The number of nitrogens with zero attached hydrogens (tertiary/aromatic N) is 3. The van der Waals surface area contributed by atoms with E-state index in [0.29, 0.717) is 5.56 Å². The molecule has 0 radical (unpaired) electrons. The maximum Gasteiger partial charge on any atom is 0.271 e. The van der Waals surface area contributed by atoms with Crippen LogP contribution in [-0.2, 0) is 0 Å². The molecule has 21 heavy (non-hydrogen) atoms. The van der Waals surface area contributed by atoms with E-state index in [1.54, 1.807) is 6.07 Å². The molecule has 0 amide bonds. The normalized spacial score (nSPS) is 10.7. The summed E-state index contributed by atoms with van der Waals surface area (Å²) in [5.74, 6) is -0.220. The topological polar surface area (TPSA) is 119 Å². The fourth-order valence-corrected chi connectivity index (χ4v) is 1.59. The Morgan fingerprint density at radius 3 is 2.33 bits per heavy atom. The molecule has 0 heterocycles. The predicted molar refractivity (Wildman–Crippen MR) is 75.1 cm³/mol. The first kappa shape index (κ1) is 14.1. The van der Waals surface area contributed by atoms with Crippen molar-refractivity contribution >= 4 is 23.3 Å². The molecule has 8 heteroatoms. The molecule has 0 unspecified atom stereocenters. The lowest BCUT2D eigenvalue weighted by atomic mass is 10.2. The van der Waals surface area contributed by atoms with E-state index in [9.17, 15) is 25.3 Å². The molecule has 0 fully saturated rings. The van der Waals surface area contributed by atoms with Crippen molar-refractivity contribution in [1.82, 2.24) is 0 Å². The average molecular weight is 287 g/mol. The maximum atomic E-state index is 10.7. The van der Waals surface area contributed by atoms with E-state index in [4.69, 9.17) is 0 Å². The molecule has 0 aliphatic carbocycles. The van der Waals surface area contributed by atoms with E-state index in [1.165, 1.54) is 24.4 Å². The molecule has 0 aliphatic rings. The van der Waals surface area contributed by atoms with Gasteiger partial charge in [0.1, 0.15) is 11.4 Å². The van der Waals surface area contributed by atoms with Gasteiger partial charge in [-0.05, 0) is 11.6 Å². The summed E-state index contributed by atoms with van der Waals surface area (Å²) in [5.41, 5.74) is 0.145. The van der Waals surface area contributed by atoms with Gasteiger partial charge in [-0.1, -0.05) is 12.1 Å². The van der Waals surface area contributed by atoms with Crippen LogP contribution in [0.3, 0.4) is 0 Å². The zero-order chi connectivity index (χ0) is 15.4. The Labute approximate surface area is 118 Å². The smallest absolute Gasteiger partial charge is 0.271 e. The van der Waals surface area contributed by atoms with Crippen LogP contribution in [0, 0.1) is 20.2 Å². The Morgan fingerprint density at radius 2 is 1.67 bits per heavy atom. The summed E-state index contributed by atoms with van der Waals surface area (Å²) in [6.07, 6.45) is 1.28. The van der Waals surface area contributed by atoms with Crippen molar-refractivity contribution in [2.45, 2.75) is 0 Å². The molecule has 106 valence electrons. The van der Waals surface area contributed by atoms with Crippen LogP contribution >= 0.6 is 0 Å². The number of benzene rings is 2. The van der Waals surface area contributed by atoms with Crippen molar-refractivity contribution in [3.05, 3.63) is 68.3 Å². The number of rotatable bonds is 4. The number of aliphatic imine (C=N–C) groups is 1. The molecule has 0 saturated heterocycles. The standard InChI is InChI=1S/C13H9N3O5/c17-13-5-4-11(16(20)21)7-12(13)14-8-9-2-1-3-10(6-9)15(18)19/h1-8,17H. The number of phenols is 1. The summed E-state index contributed by atoms with van der Waals surface area (Å²) in [6.45, 7) is 0. The van der Waals surface area contributed by atoms with E-state index in [1.807, 2.05) is 0 Å². The second kappa shape index (κ2) is 5.78. The van der Waals surface area contributed by atoms with Crippen LogP contribution in [-0.4, -0.2) is 21.2 Å². The highest BCUT2D eigenvalue weighted by Crippen LogP contribution is 2.30. The molecule has 0 atom stereocenters. The van der Waals surface area contributed by atoms with E-state index in [0.717, 1.165) is 18.2 Å². The summed E-state index contributed by atoms with van der Waals surface area (Å²) in [6, 6.07) is 9.15. The molecule has 2 aromatic rings. The second-order valence-corrected chi connectivity index (χ2v) is 4.04. The van der Waals surface area contributed by atoms with E-state index >= 15 is 0 Å². The Kier molecular flexibility index (Phi) is 3.89. The van der Waals surface area contributed by atoms with Crippen LogP contribution in [0.1, 0.15) is 5.56 Å². The quantitative estimate of drug-likeness (QED) is 0.526. The molecule has 2 rings (SSSR count). The molecule has 2 aromatic carbocycles. The Morgan fingerprint density at radius 1 is 1.00 bits per heavy atom. The minimum absolute atomic E-state index is 0.00991. The number of aromatic hydroxyl groups is 1. The first-order valence-electron chi connectivity index (χ1n) is 5.73. The van der Waals surface area contributed by atoms with Gasteiger partial charge in [-0.15, -0.1) is 0 Å². The van der Waals surface area contributed by atoms with E-state index < -0.39 is 9.85 Å². The van der Waals surface area contributed by atoms with Gasteiger partial charge < -0.3 is 5.11 Å². The second-order valence-electron chi connectivity index (χ2n) is 4.04. The van der Waals surface area contributed by atoms with Crippen LogP contribution in [0.4, 0.5) is 17.1 Å². The fourth-order valence-electron chi connectivity index (χ4n) is 1.59. The van der Waals surface area contributed by atoms with Crippen molar-refractivity contribution in [2.75, 3.05) is 0 Å². The van der Waals surface area contributed by atoms with Gasteiger partial charge in [0.05, 0.1) is 9.85 Å². The number of non-ortho nitro benzene ring substituents is 2. The van der Waals surface area contributed by atoms with E-state index in [2.05, 4.69) is 4.99 Å². The summed E-state index contributed by atoms with van der Waals surface area (Å²) < 4.78 is 0. The lowest BCUT2D eigenvalue weighted by molar-refractivity contribution is -0.385. The molecule has 0 aliphatic heterocycles. The molecule has 0 saturated carbocycles.